The molecule has 0 bridgehead atoms. The summed E-state index contributed by atoms with van der Waals surface area (Å²) < 4.78 is 0. The summed E-state index contributed by atoms with van der Waals surface area (Å²) in [5, 5.41) is 0. The Kier molecular flexibility index (Phi) is 11.1. The van der Waals surface area contributed by atoms with Crippen molar-refractivity contribution in [2.75, 3.05) is 0 Å². The van der Waals surface area contributed by atoms with Gasteiger partial charge in [-0.2, -0.15) is 0 Å². The predicted octanol–water partition coefficient (Wildman–Crippen LogP) is 5.38. The van der Waals surface area contributed by atoms with E-state index in [0.717, 1.165) is 0 Å². The molecule has 0 aliphatic carbocycles. The number of rotatable bonds is 6. The van der Waals surface area contributed by atoms with E-state index < -0.39 is 0 Å². The first-order chi connectivity index (χ1) is 8.28. The van der Waals surface area contributed by atoms with Gasteiger partial charge in [0.25, 0.3) is 0 Å². The minimum absolute atomic E-state index is 0.213. The summed E-state index contributed by atoms with van der Waals surface area (Å²) in [6.07, 6.45) is 4.68. The maximum Gasteiger partial charge on any atom is 0.0364 e. The van der Waals surface area contributed by atoms with Crippen molar-refractivity contribution in [2.45, 2.75) is 51.7 Å². The van der Waals surface area contributed by atoms with Crippen LogP contribution in [-0.2, 0) is 0 Å². The lowest BCUT2D eigenvalue weighted by Crippen LogP contribution is -2.08. The second kappa shape index (κ2) is 11.7. The van der Waals surface area contributed by atoms with E-state index in [4.69, 9.17) is 0 Å². The minimum atomic E-state index is -0.213. The van der Waals surface area contributed by atoms with Crippen molar-refractivity contribution in [2.24, 2.45) is 0 Å². The molecule has 1 aromatic carbocycles. The Morgan fingerprint density at radius 2 is 1.53 bits per heavy atom. The molecule has 0 heterocycles. The first kappa shape index (κ1) is 16.2. The summed E-state index contributed by atoms with van der Waals surface area (Å²) in [4.78, 5) is 0. The van der Waals surface area contributed by atoms with Gasteiger partial charge < -0.3 is 0 Å². The van der Waals surface area contributed by atoms with E-state index in [1.807, 2.05) is 36.4 Å². The van der Waals surface area contributed by atoms with E-state index in [-0.39, 0.29) is 8.80 Å². The number of benzene rings is 1. The van der Waals surface area contributed by atoms with Crippen molar-refractivity contribution >= 4 is 14.9 Å². The molecule has 0 saturated carbocycles. The molecule has 0 saturated heterocycles. The van der Waals surface area contributed by atoms with Crippen LogP contribution >= 0.6 is 0 Å². The second-order valence-electron chi connectivity index (χ2n) is 4.47. The quantitative estimate of drug-likeness (QED) is 0.593. The fraction of sp³-hybridized carbons (Fsp3) is 0.500. The van der Waals surface area contributed by atoms with Crippen molar-refractivity contribution in [3.8, 4) is 0 Å². The van der Waals surface area contributed by atoms with Crippen LogP contribution in [0.4, 0.5) is 0 Å². The van der Waals surface area contributed by atoms with Crippen LogP contribution in [0.2, 0.25) is 18.1 Å². The van der Waals surface area contributed by atoms with Crippen molar-refractivity contribution < 1.29 is 0 Å². The Morgan fingerprint density at radius 3 is 1.82 bits per heavy atom. The normalized spacial score (nSPS) is 9.65. The highest BCUT2D eigenvalue weighted by molar-refractivity contribution is 6.58. The van der Waals surface area contributed by atoms with Gasteiger partial charge in [-0.3, -0.25) is 0 Å². The molecule has 0 spiro atoms. The van der Waals surface area contributed by atoms with E-state index in [2.05, 4.69) is 27.4 Å². The van der Waals surface area contributed by atoms with Gasteiger partial charge in [0, 0.05) is 8.80 Å². The lowest BCUT2D eigenvalue weighted by atomic mass is 10.2. The highest BCUT2D eigenvalue weighted by Crippen LogP contribution is 2.09. The van der Waals surface area contributed by atoms with Crippen molar-refractivity contribution in [3.05, 3.63) is 42.5 Å². The van der Waals surface area contributed by atoms with Gasteiger partial charge in [0.1, 0.15) is 0 Å². The number of hydrogen-bond acceptors (Lipinski definition) is 0. The number of hydrogen-bond donors (Lipinski definition) is 0. The first-order valence-electron chi connectivity index (χ1n) is 6.95. The molecule has 1 rings (SSSR count). The van der Waals surface area contributed by atoms with Gasteiger partial charge in [-0.05, 0) is 5.56 Å². The monoisotopic (exact) mass is 248 g/mol. The zero-order valence-electron chi connectivity index (χ0n) is 11.8. The molecule has 1 aromatic rings. The van der Waals surface area contributed by atoms with E-state index in [0.29, 0.717) is 0 Å². The van der Waals surface area contributed by atoms with Gasteiger partial charge in [-0.15, -0.1) is 0 Å². The first-order valence-corrected chi connectivity index (χ1v) is 9.40. The van der Waals surface area contributed by atoms with Crippen LogP contribution in [0, 0.1) is 0 Å². The molecule has 0 aliphatic heterocycles. The summed E-state index contributed by atoms with van der Waals surface area (Å²) in [6, 6.07) is 14.7. The molecule has 96 valence electrons. The third kappa shape index (κ3) is 8.93. The van der Waals surface area contributed by atoms with Gasteiger partial charge in [-0.25, -0.2) is 0 Å². The SMILES string of the molecule is C=Cc1ccccc1.CCC[SiH](CC)CCC. The topological polar surface area (TPSA) is 0 Å². The van der Waals surface area contributed by atoms with Crippen LogP contribution in [0.25, 0.3) is 6.08 Å². The molecule has 0 aliphatic rings. The molecular weight excluding hydrogens is 220 g/mol. The zero-order chi connectivity index (χ0) is 12.9. The average Bonchev–Trinajstić information content (AvgIpc) is 2.40. The third-order valence-corrected chi connectivity index (χ3v) is 6.95. The molecule has 0 nitrogen and oxygen atoms in total. The van der Waals surface area contributed by atoms with Crippen LogP contribution in [0.15, 0.2) is 36.9 Å². The average molecular weight is 248 g/mol. The molecule has 0 amide bonds. The Hall–Kier alpha value is -0.823. The minimum Gasteiger partial charge on any atom is -0.0985 e. The van der Waals surface area contributed by atoms with E-state index in [1.165, 1.54) is 24.4 Å². The molecule has 1 heteroatoms. The lowest BCUT2D eigenvalue weighted by Gasteiger charge is -2.08. The Bertz CT molecular complexity index is 260. The predicted molar refractivity (Wildman–Crippen MR) is 84.4 cm³/mol. The van der Waals surface area contributed by atoms with Crippen molar-refractivity contribution in [1.29, 1.82) is 0 Å². The van der Waals surface area contributed by atoms with Crippen LogP contribution in [0.1, 0.15) is 39.2 Å². The molecule has 0 atom stereocenters. The van der Waals surface area contributed by atoms with Crippen LogP contribution in [0.5, 0.6) is 0 Å². The maximum absolute atomic E-state index is 3.63. The Morgan fingerprint density at radius 1 is 1.00 bits per heavy atom. The highest BCUT2D eigenvalue weighted by Gasteiger charge is 2.03. The van der Waals surface area contributed by atoms with E-state index in [9.17, 15) is 0 Å². The molecule has 17 heavy (non-hydrogen) atoms. The smallest absolute Gasteiger partial charge is 0.0364 e. The standard InChI is InChI=1S/C8H20Si.C8H8/c1-4-7-9(6-3)8-5-2;1-2-8-6-4-3-5-7-8/h9H,4-8H2,1-3H3;2-7H,1H2. The molecule has 0 N–H and O–H groups in total. The summed E-state index contributed by atoms with van der Waals surface area (Å²) in [5.74, 6) is 0. The molecule has 0 unspecified atom stereocenters. The molecule has 0 aromatic heterocycles. The summed E-state index contributed by atoms with van der Waals surface area (Å²) in [5.41, 5.74) is 1.17. The van der Waals surface area contributed by atoms with Gasteiger partial charge in [0.15, 0.2) is 0 Å². The lowest BCUT2D eigenvalue weighted by molar-refractivity contribution is 0.992. The van der Waals surface area contributed by atoms with Gasteiger partial charge in [0.2, 0.25) is 0 Å². The molecule has 0 radical (unpaired) electrons. The fourth-order valence-electron chi connectivity index (χ4n) is 1.96. The molecular formula is C16H28Si. The van der Waals surface area contributed by atoms with Gasteiger partial charge in [-0.1, -0.05) is 94.7 Å². The maximum atomic E-state index is 3.63. The van der Waals surface area contributed by atoms with E-state index >= 15 is 0 Å². The zero-order valence-corrected chi connectivity index (χ0v) is 12.9. The van der Waals surface area contributed by atoms with Crippen molar-refractivity contribution in [3.63, 3.8) is 0 Å². The van der Waals surface area contributed by atoms with Crippen LogP contribution < -0.4 is 0 Å². The second-order valence-corrected chi connectivity index (χ2v) is 8.17. The largest absolute Gasteiger partial charge is 0.0985 e. The van der Waals surface area contributed by atoms with Crippen LogP contribution in [0.3, 0.4) is 0 Å². The Balaban J connectivity index is 0.000000302. The third-order valence-electron chi connectivity index (χ3n) is 3.01. The molecule has 0 fully saturated rings. The van der Waals surface area contributed by atoms with Crippen molar-refractivity contribution in [1.82, 2.24) is 0 Å². The van der Waals surface area contributed by atoms with Crippen LogP contribution in [-0.4, -0.2) is 8.80 Å². The Labute approximate surface area is 109 Å². The highest BCUT2D eigenvalue weighted by atomic mass is 28.3. The summed E-state index contributed by atoms with van der Waals surface area (Å²) in [6.45, 7) is 10.6. The van der Waals surface area contributed by atoms with Gasteiger partial charge >= 0.3 is 0 Å². The van der Waals surface area contributed by atoms with Gasteiger partial charge in [0.05, 0.1) is 0 Å². The fourth-order valence-corrected chi connectivity index (χ4v) is 4.70. The summed E-state index contributed by atoms with van der Waals surface area (Å²) >= 11 is 0. The van der Waals surface area contributed by atoms with E-state index in [1.54, 1.807) is 12.1 Å². The summed E-state index contributed by atoms with van der Waals surface area (Å²) in [7, 11) is -0.213.